The van der Waals surface area contributed by atoms with Crippen LogP contribution in [0.4, 0.5) is 11.4 Å². The van der Waals surface area contributed by atoms with Crippen molar-refractivity contribution in [3.05, 3.63) is 48.5 Å². The zero-order valence-electron chi connectivity index (χ0n) is 19.2. The van der Waals surface area contributed by atoms with E-state index in [1.807, 2.05) is 0 Å². The monoisotopic (exact) mass is 486 g/mol. The van der Waals surface area contributed by atoms with Gasteiger partial charge in [0.2, 0.25) is 15.9 Å². The molecule has 0 unspecified atom stereocenters. The second kappa shape index (κ2) is 10.5. The summed E-state index contributed by atoms with van der Waals surface area (Å²) < 4.78 is 32.8. The molecule has 4 rings (SSSR count). The molecule has 1 aliphatic carbocycles. The number of hydrogen-bond acceptors (Lipinski definition) is 6. The number of piperazine rings is 1. The normalized spacial score (nSPS) is 17.2. The molecule has 0 spiro atoms. The molecule has 2 amide bonds. The fraction of sp³-hybridized carbons (Fsp3) is 0.417. The van der Waals surface area contributed by atoms with Gasteiger partial charge in [-0.25, -0.2) is 8.42 Å². The van der Waals surface area contributed by atoms with Crippen molar-refractivity contribution in [2.45, 2.75) is 24.7 Å². The van der Waals surface area contributed by atoms with E-state index in [4.69, 9.17) is 4.74 Å². The maximum absolute atomic E-state index is 12.9. The van der Waals surface area contributed by atoms with E-state index in [0.717, 1.165) is 32.5 Å². The number of hydrogen-bond donors (Lipinski definition) is 2. The van der Waals surface area contributed by atoms with E-state index in [9.17, 15) is 18.0 Å². The standard InChI is InChI=1S/C24H30N4O5S/c1-2-27-12-14-28(15-13-27)34(31,32)22-10-8-19(9-11-22)25-23(29)17-33-21-5-3-4-20(16-21)26-24(30)18-6-7-18/h3-5,8-11,16,18H,2,6-7,12-15,17H2,1H3,(H,25,29)(H,26,30). The van der Waals surface area contributed by atoms with Gasteiger partial charge < -0.3 is 20.3 Å². The van der Waals surface area contributed by atoms with Crippen LogP contribution in [-0.2, 0) is 19.6 Å². The van der Waals surface area contributed by atoms with Crippen LogP contribution in [0.5, 0.6) is 5.75 Å². The quantitative estimate of drug-likeness (QED) is 0.564. The van der Waals surface area contributed by atoms with Crippen molar-refractivity contribution in [2.24, 2.45) is 5.92 Å². The van der Waals surface area contributed by atoms with Gasteiger partial charge in [-0.05, 0) is 55.8 Å². The van der Waals surface area contributed by atoms with Crippen LogP contribution in [0.2, 0.25) is 0 Å². The number of nitrogens with zero attached hydrogens (tertiary/aromatic N) is 2. The Labute approximate surface area is 200 Å². The van der Waals surface area contributed by atoms with Gasteiger partial charge >= 0.3 is 0 Å². The summed E-state index contributed by atoms with van der Waals surface area (Å²) in [5.74, 6) is 0.193. The fourth-order valence-electron chi connectivity index (χ4n) is 3.74. The van der Waals surface area contributed by atoms with Gasteiger partial charge in [0, 0.05) is 49.5 Å². The van der Waals surface area contributed by atoms with E-state index in [0.29, 0.717) is 30.2 Å². The van der Waals surface area contributed by atoms with Crippen LogP contribution in [0.15, 0.2) is 53.4 Å². The molecule has 34 heavy (non-hydrogen) atoms. The van der Waals surface area contributed by atoms with Crippen LogP contribution in [0.25, 0.3) is 0 Å². The number of carbonyl (C=O) groups is 2. The minimum absolute atomic E-state index is 0.00331. The Morgan fingerprint density at radius 2 is 1.68 bits per heavy atom. The fourth-order valence-corrected chi connectivity index (χ4v) is 5.17. The molecule has 1 saturated carbocycles. The molecular formula is C24H30N4O5S. The zero-order chi connectivity index (χ0) is 24.1. The van der Waals surface area contributed by atoms with Crippen LogP contribution in [-0.4, -0.2) is 68.8 Å². The molecule has 0 atom stereocenters. The Morgan fingerprint density at radius 3 is 2.32 bits per heavy atom. The van der Waals surface area contributed by atoms with Gasteiger partial charge in [0.15, 0.2) is 6.61 Å². The lowest BCUT2D eigenvalue weighted by atomic mass is 10.3. The molecule has 2 aromatic carbocycles. The highest BCUT2D eigenvalue weighted by Crippen LogP contribution is 2.30. The Morgan fingerprint density at radius 1 is 0.971 bits per heavy atom. The summed E-state index contributed by atoms with van der Waals surface area (Å²) in [6.45, 7) is 5.14. The maximum Gasteiger partial charge on any atom is 0.262 e. The van der Waals surface area contributed by atoms with E-state index < -0.39 is 10.0 Å². The Hall–Kier alpha value is -2.95. The van der Waals surface area contributed by atoms with Gasteiger partial charge in [-0.15, -0.1) is 0 Å². The van der Waals surface area contributed by atoms with Crippen LogP contribution in [0.3, 0.4) is 0 Å². The Bertz CT molecular complexity index is 1120. The van der Waals surface area contributed by atoms with Gasteiger partial charge in [0.25, 0.3) is 5.91 Å². The number of benzene rings is 2. The highest BCUT2D eigenvalue weighted by Gasteiger charge is 2.30. The molecule has 2 aliphatic rings. The van der Waals surface area contributed by atoms with E-state index in [1.165, 1.54) is 16.4 Å². The van der Waals surface area contributed by atoms with Crippen molar-refractivity contribution in [1.29, 1.82) is 0 Å². The second-order valence-electron chi connectivity index (χ2n) is 8.49. The van der Waals surface area contributed by atoms with Gasteiger partial charge in [-0.1, -0.05) is 13.0 Å². The van der Waals surface area contributed by atoms with Crippen molar-refractivity contribution in [1.82, 2.24) is 9.21 Å². The summed E-state index contributed by atoms with van der Waals surface area (Å²) in [7, 11) is -3.56. The number of amides is 2. The third kappa shape index (κ3) is 6.13. The van der Waals surface area contributed by atoms with Gasteiger partial charge in [-0.2, -0.15) is 4.31 Å². The second-order valence-corrected chi connectivity index (χ2v) is 10.4. The smallest absolute Gasteiger partial charge is 0.262 e. The van der Waals surface area contributed by atoms with E-state index in [2.05, 4.69) is 22.5 Å². The predicted molar refractivity (Wildman–Crippen MR) is 129 cm³/mol. The SMILES string of the molecule is CCN1CCN(S(=O)(=O)c2ccc(NC(=O)COc3cccc(NC(=O)C4CC4)c3)cc2)CC1. The third-order valence-corrected chi connectivity index (χ3v) is 7.89. The van der Waals surface area contributed by atoms with E-state index in [-0.39, 0.29) is 29.2 Å². The summed E-state index contributed by atoms with van der Waals surface area (Å²) in [6, 6.07) is 13.0. The summed E-state index contributed by atoms with van der Waals surface area (Å²) in [5.41, 5.74) is 1.11. The number of sulfonamides is 1. The average Bonchev–Trinajstić information content (AvgIpc) is 3.69. The number of nitrogens with one attached hydrogen (secondary N) is 2. The number of likely N-dealkylation sites (N-methyl/N-ethyl adjacent to an activating group) is 1. The minimum atomic E-state index is -3.56. The first-order valence-electron chi connectivity index (χ1n) is 11.5. The molecule has 2 N–H and O–H groups in total. The number of ether oxygens (including phenoxy) is 1. The summed E-state index contributed by atoms with van der Waals surface area (Å²) in [5, 5.41) is 5.55. The highest BCUT2D eigenvalue weighted by molar-refractivity contribution is 7.89. The maximum atomic E-state index is 12.9. The summed E-state index contributed by atoms with van der Waals surface area (Å²) in [6.07, 6.45) is 1.84. The third-order valence-electron chi connectivity index (χ3n) is 5.97. The van der Waals surface area contributed by atoms with Crippen molar-refractivity contribution in [2.75, 3.05) is 50.0 Å². The van der Waals surface area contributed by atoms with Crippen LogP contribution in [0, 0.1) is 5.92 Å². The lowest BCUT2D eigenvalue weighted by Gasteiger charge is -2.33. The average molecular weight is 487 g/mol. The zero-order valence-corrected chi connectivity index (χ0v) is 20.0. The Balaban J connectivity index is 1.28. The van der Waals surface area contributed by atoms with Gasteiger partial charge in [-0.3, -0.25) is 9.59 Å². The topological polar surface area (TPSA) is 108 Å². The molecule has 1 heterocycles. The van der Waals surface area contributed by atoms with Crippen molar-refractivity contribution in [3.8, 4) is 5.75 Å². The molecule has 0 radical (unpaired) electrons. The van der Waals surface area contributed by atoms with Gasteiger partial charge in [0.05, 0.1) is 4.90 Å². The van der Waals surface area contributed by atoms with Crippen LogP contribution >= 0.6 is 0 Å². The Kier molecular flexibility index (Phi) is 7.50. The lowest BCUT2D eigenvalue weighted by Crippen LogP contribution is -2.48. The summed E-state index contributed by atoms with van der Waals surface area (Å²) >= 11 is 0. The largest absolute Gasteiger partial charge is 0.484 e. The number of rotatable bonds is 9. The molecule has 1 saturated heterocycles. The molecular weight excluding hydrogens is 456 g/mol. The van der Waals surface area contributed by atoms with Crippen LogP contribution < -0.4 is 15.4 Å². The van der Waals surface area contributed by atoms with Crippen molar-refractivity contribution in [3.63, 3.8) is 0 Å². The summed E-state index contributed by atoms with van der Waals surface area (Å²) in [4.78, 5) is 26.6. The number of carbonyl (C=O) groups excluding carboxylic acids is 2. The van der Waals surface area contributed by atoms with E-state index >= 15 is 0 Å². The van der Waals surface area contributed by atoms with Crippen molar-refractivity contribution < 1.29 is 22.7 Å². The molecule has 10 heteroatoms. The van der Waals surface area contributed by atoms with Gasteiger partial charge in [0.1, 0.15) is 5.75 Å². The lowest BCUT2D eigenvalue weighted by molar-refractivity contribution is -0.118. The molecule has 182 valence electrons. The molecule has 0 bridgehead atoms. The minimum Gasteiger partial charge on any atom is -0.484 e. The van der Waals surface area contributed by atoms with Crippen LogP contribution in [0.1, 0.15) is 19.8 Å². The predicted octanol–water partition coefficient (Wildman–Crippen LogP) is 2.38. The first kappa shape index (κ1) is 24.2. The molecule has 9 nitrogen and oxygen atoms in total. The van der Waals surface area contributed by atoms with E-state index in [1.54, 1.807) is 36.4 Å². The van der Waals surface area contributed by atoms with Crippen molar-refractivity contribution >= 4 is 33.2 Å². The number of anilines is 2. The molecule has 2 fully saturated rings. The highest BCUT2D eigenvalue weighted by atomic mass is 32.2. The molecule has 0 aromatic heterocycles. The molecule has 2 aromatic rings. The first-order valence-corrected chi connectivity index (χ1v) is 13.0. The molecule has 1 aliphatic heterocycles. The first-order chi connectivity index (χ1) is 16.3.